The number of hydrogen-bond donors (Lipinski definition) is 3. The summed E-state index contributed by atoms with van der Waals surface area (Å²) in [6, 6.07) is 5.60. The molecule has 0 bridgehead atoms. The minimum atomic E-state index is -0.280. The molecule has 1 atom stereocenters. The lowest BCUT2D eigenvalue weighted by Crippen LogP contribution is -2.49. The average Bonchev–Trinajstić information content (AvgIpc) is 2.52. The maximum Gasteiger partial charge on any atom is 0.161 e. The van der Waals surface area contributed by atoms with E-state index in [4.69, 9.17) is 4.74 Å². The molecule has 0 spiro atoms. The largest absolute Gasteiger partial charge is 0.504 e. The zero-order chi connectivity index (χ0) is 16.2. The van der Waals surface area contributed by atoms with E-state index in [0.717, 1.165) is 31.7 Å². The van der Waals surface area contributed by atoms with E-state index < -0.39 is 0 Å². The maximum atomic E-state index is 9.92. The molecule has 1 saturated heterocycles. The number of phenols is 1. The predicted octanol–water partition coefficient (Wildman–Crippen LogP) is 1.76. The summed E-state index contributed by atoms with van der Waals surface area (Å²) in [5.41, 5.74) is 0.792. The van der Waals surface area contributed by atoms with Crippen LogP contribution in [0.3, 0.4) is 0 Å². The smallest absolute Gasteiger partial charge is 0.161 e. The molecule has 2 rings (SSSR count). The molecule has 1 aliphatic heterocycles. The summed E-state index contributed by atoms with van der Waals surface area (Å²) < 4.78 is 5.52. The van der Waals surface area contributed by atoms with Gasteiger partial charge in [-0.25, -0.2) is 0 Å². The molecule has 22 heavy (non-hydrogen) atoms. The number of piperazine rings is 1. The molecule has 0 saturated carbocycles. The van der Waals surface area contributed by atoms with Crippen LogP contribution in [0.1, 0.15) is 32.4 Å². The van der Waals surface area contributed by atoms with Gasteiger partial charge in [0.05, 0.1) is 6.61 Å². The highest BCUT2D eigenvalue weighted by molar-refractivity contribution is 5.43. The van der Waals surface area contributed by atoms with E-state index >= 15 is 0 Å². The predicted molar refractivity (Wildman–Crippen MR) is 87.3 cm³/mol. The molecular formula is C17H28N2O3. The Hall–Kier alpha value is -1.30. The standard InChI is InChI=1S/C17H28N2O3/c1-4-22-15-11-13(5-6-14(15)21)16(17(2,3)12-20)19-9-7-18-8-10-19/h5-6,11,16,18,20-21H,4,7-10,12H2,1-3H3/t16-/m0/s1. The van der Waals surface area contributed by atoms with Crippen molar-refractivity contribution in [3.05, 3.63) is 23.8 Å². The molecular weight excluding hydrogens is 280 g/mol. The Balaban J connectivity index is 2.37. The molecule has 0 unspecified atom stereocenters. The summed E-state index contributed by atoms with van der Waals surface area (Å²) in [6.45, 7) is 10.5. The molecule has 3 N–H and O–H groups in total. The number of aliphatic hydroxyl groups is 1. The van der Waals surface area contributed by atoms with Gasteiger partial charge in [0.2, 0.25) is 0 Å². The van der Waals surface area contributed by atoms with Crippen LogP contribution < -0.4 is 10.1 Å². The summed E-state index contributed by atoms with van der Waals surface area (Å²) in [4.78, 5) is 2.40. The third kappa shape index (κ3) is 3.72. The van der Waals surface area contributed by atoms with Crippen molar-refractivity contribution >= 4 is 0 Å². The number of phenolic OH excluding ortho intramolecular Hbond substituents is 1. The zero-order valence-corrected chi connectivity index (χ0v) is 13.8. The molecule has 5 nitrogen and oxygen atoms in total. The second-order valence-electron chi connectivity index (χ2n) is 6.50. The highest BCUT2D eigenvalue weighted by Crippen LogP contribution is 2.41. The SMILES string of the molecule is CCOc1cc([C@H](N2CCNCC2)C(C)(C)CO)ccc1O. The lowest BCUT2D eigenvalue weighted by molar-refractivity contribution is 0.0304. The van der Waals surface area contributed by atoms with Gasteiger partial charge >= 0.3 is 0 Å². The Morgan fingerprint density at radius 1 is 1.32 bits per heavy atom. The molecule has 1 heterocycles. The number of aromatic hydroxyl groups is 1. The fourth-order valence-corrected chi connectivity index (χ4v) is 3.15. The molecule has 5 heteroatoms. The number of nitrogens with one attached hydrogen (secondary N) is 1. The van der Waals surface area contributed by atoms with E-state index in [2.05, 4.69) is 24.1 Å². The minimum absolute atomic E-state index is 0.0828. The molecule has 124 valence electrons. The van der Waals surface area contributed by atoms with Crippen molar-refractivity contribution in [3.63, 3.8) is 0 Å². The maximum absolute atomic E-state index is 9.92. The van der Waals surface area contributed by atoms with Crippen molar-refractivity contribution in [1.29, 1.82) is 0 Å². The first-order valence-corrected chi connectivity index (χ1v) is 8.01. The van der Waals surface area contributed by atoms with Crippen LogP contribution in [0.2, 0.25) is 0 Å². The first-order chi connectivity index (χ1) is 10.5. The molecule has 1 aliphatic rings. The van der Waals surface area contributed by atoms with Gasteiger partial charge in [0.1, 0.15) is 0 Å². The van der Waals surface area contributed by atoms with Crippen LogP contribution in [-0.2, 0) is 0 Å². The molecule has 0 aromatic heterocycles. The zero-order valence-electron chi connectivity index (χ0n) is 13.8. The van der Waals surface area contributed by atoms with Crippen LogP contribution in [0, 0.1) is 5.41 Å². The van der Waals surface area contributed by atoms with Crippen molar-refractivity contribution < 1.29 is 14.9 Å². The third-order valence-corrected chi connectivity index (χ3v) is 4.26. The lowest BCUT2D eigenvalue weighted by atomic mass is 9.79. The number of nitrogens with zero attached hydrogens (tertiary/aromatic N) is 1. The number of rotatable bonds is 6. The monoisotopic (exact) mass is 308 g/mol. The van der Waals surface area contributed by atoms with Gasteiger partial charge in [-0.2, -0.15) is 0 Å². The summed E-state index contributed by atoms with van der Waals surface area (Å²) >= 11 is 0. The van der Waals surface area contributed by atoms with Crippen molar-refractivity contribution in [2.24, 2.45) is 5.41 Å². The summed E-state index contributed by atoms with van der Waals surface area (Å²) in [6.07, 6.45) is 0. The fraction of sp³-hybridized carbons (Fsp3) is 0.647. The topological polar surface area (TPSA) is 65.0 Å². The number of aliphatic hydroxyl groups excluding tert-OH is 1. The van der Waals surface area contributed by atoms with Crippen LogP contribution in [0.5, 0.6) is 11.5 Å². The van der Waals surface area contributed by atoms with Crippen LogP contribution in [0.15, 0.2) is 18.2 Å². The molecule has 1 fully saturated rings. The summed E-state index contributed by atoms with van der Waals surface area (Å²) in [5.74, 6) is 0.667. The van der Waals surface area contributed by atoms with Gasteiger partial charge in [-0.05, 0) is 24.6 Å². The fourth-order valence-electron chi connectivity index (χ4n) is 3.15. The normalized spacial score (nSPS) is 18.2. The van der Waals surface area contributed by atoms with Crippen LogP contribution in [0.4, 0.5) is 0 Å². The highest BCUT2D eigenvalue weighted by Gasteiger charge is 2.36. The van der Waals surface area contributed by atoms with E-state index in [9.17, 15) is 10.2 Å². The Labute approximate surface area is 132 Å². The Bertz CT molecular complexity index is 485. The van der Waals surface area contributed by atoms with Crippen molar-refractivity contribution in [2.45, 2.75) is 26.8 Å². The Morgan fingerprint density at radius 2 is 2.00 bits per heavy atom. The quantitative estimate of drug-likeness (QED) is 0.747. The van der Waals surface area contributed by atoms with Gasteiger partial charge in [0, 0.05) is 44.2 Å². The molecule has 0 aliphatic carbocycles. The van der Waals surface area contributed by atoms with Crippen LogP contribution in [0.25, 0.3) is 0 Å². The second-order valence-corrected chi connectivity index (χ2v) is 6.50. The van der Waals surface area contributed by atoms with E-state index in [1.807, 2.05) is 19.1 Å². The van der Waals surface area contributed by atoms with Crippen molar-refractivity contribution in [2.75, 3.05) is 39.4 Å². The molecule has 1 aromatic rings. The van der Waals surface area contributed by atoms with Crippen molar-refractivity contribution in [1.82, 2.24) is 10.2 Å². The number of benzene rings is 1. The Morgan fingerprint density at radius 3 is 2.59 bits per heavy atom. The lowest BCUT2D eigenvalue weighted by Gasteiger charge is -2.43. The summed E-state index contributed by atoms with van der Waals surface area (Å²) in [7, 11) is 0. The van der Waals surface area contributed by atoms with Gasteiger partial charge in [0.25, 0.3) is 0 Å². The third-order valence-electron chi connectivity index (χ3n) is 4.26. The van der Waals surface area contributed by atoms with E-state index in [-0.39, 0.29) is 23.8 Å². The van der Waals surface area contributed by atoms with Crippen LogP contribution >= 0.6 is 0 Å². The molecule has 1 aromatic carbocycles. The van der Waals surface area contributed by atoms with Gasteiger partial charge in [-0.1, -0.05) is 19.9 Å². The van der Waals surface area contributed by atoms with E-state index in [1.54, 1.807) is 6.07 Å². The van der Waals surface area contributed by atoms with E-state index in [1.165, 1.54) is 0 Å². The Kier molecular flexibility index (Phi) is 5.67. The molecule has 0 radical (unpaired) electrons. The van der Waals surface area contributed by atoms with Gasteiger partial charge in [0.15, 0.2) is 11.5 Å². The van der Waals surface area contributed by atoms with Gasteiger partial charge < -0.3 is 20.3 Å². The minimum Gasteiger partial charge on any atom is -0.504 e. The number of hydrogen-bond acceptors (Lipinski definition) is 5. The van der Waals surface area contributed by atoms with E-state index in [0.29, 0.717) is 12.4 Å². The average molecular weight is 308 g/mol. The van der Waals surface area contributed by atoms with Gasteiger partial charge in [-0.3, -0.25) is 4.90 Å². The molecule has 0 amide bonds. The highest BCUT2D eigenvalue weighted by atomic mass is 16.5. The first-order valence-electron chi connectivity index (χ1n) is 8.01. The number of ether oxygens (including phenoxy) is 1. The van der Waals surface area contributed by atoms with Crippen LogP contribution in [-0.4, -0.2) is 54.5 Å². The second kappa shape index (κ2) is 7.31. The summed E-state index contributed by atoms with van der Waals surface area (Å²) in [5, 5.41) is 23.1. The first kappa shape index (κ1) is 17.1. The van der Waals surface area contributed by atoms with Gasteiger partial charge in [-0.15, -0.1) is 0 Å². The van der Waals surface area contributed by atoms with Crippen molar-refractivity contribution in [3.8, 4) is 11.5 Å².